The Hall–Kier alpha value is -1.26. The molecule has 0 spiro atoms. The molecule has 0 aromatic carbocycles. The van der Waals surface area contributed by atoms with E-state index >= 15 is 0 Å². The summed E-state index contributed by atoms with van der Waals surface area (Å²) in [4.78, 5) is 4.30. The van der Waals surface area contributed by atoms with Gasteiger partial charge in [0.25, 0.3) is 0 Å². The quantitative estimate of drug-likeness (QED) is 0.935. The van der Waals surface area contributed by atoms with E-state index < -0.39 is 0 Å². The Morgan fingerprint density at radius 2 is 2.11 bits per heavy atom. The van der Waals surface area contributed by atoms with E-state index in [0.717, 1.165) is 18.9 Å². The molecule has 0 unspecified atom stereocenters. The summed E-state index contributed by atoms with van der Waals surface area (Å²) >= 11 is 5.98. The summed E-state index contributed by atoms with van der Waals surface area (Å²) < 4.78 is 4.02. The normalized spacial score (nSPS) is 12.1. The summed E-state index contributed by atoms with van der Waals surface area (Å²) in [6.45, 7) is 8.11. The van der Waals surface area contributed by atoms with Crippen LogP contribution in [0.3, 0.4) is 0 Å². The van der Waals surface area contributed by atoms with Crippen molar-refractivity contribution in [1.82, 2.24) is 19.4 Å². The highest BCUT2D eigenvalue weighted by Gasteiger charge is 2.09. The van der Waals surface area contributed by atoms with Crippen molar-refractivity contribution in [1.29, 1.82) is 0 Å². The SMILES string of the molecule is Cn1c(Cl)cnc1Cn1ccc(CNC(C)(C)C)c1. The maximum atomic E-state index is 5.98. The molecule has 0 radical (unpaired) electrons. The van der Waals surface area contributed by atoms with E-state index in [0.29, 0.717) is 5.15 Å². The second-order valence-electron chi connectivity index (χ2n) is 5.85. The highest BCUT2D eigenvalue weighted by atomic mass is 35.5. The van der Waals surface area contributed by atoms with Gasteiger partial charge in [-0.25, -0.2) is 4.98 Å². The van der Waals surface area contributed by atoms with Crippen molar-refractivity contribution >= 4 is 11.6 Å². The molecule has 104 valence electrons. The lowest BCUT2D eigenvalue weighted by atomic mass is 10.1. The predicted molar refractivity (Wildman–Crippen MR) is 78.3 cm³/mol. The molecule has 0 amide bonds. The van der Waals surface area contributed by atoms with Gasteiger partial charge in [0, 0.05) is 31.5 Å². The van der Waals surface area contributed by atoms with Crippen LogP contribution in [0.5, 0.6) is 0 Å². The number of imidazole rings is 1. The molecule has 0 aliphatic rings. The third-order valence-corrected chi connectivity index (χ3v) is 3.34. The van der Waals surface area contributed by atoms with Crippen LogP contribution >= 0.6 is 11.6 Å². The Morgan fingerprint density at radius 1 is 1.37 bits per heavy atom. The molecule has 0 saturated heterocycles. The smallest absolute Gasteiger partial charge is 0.129 e. The number of aromatic nitrogens is 3. The first-order valence-corrected chi connectivity index (χ1v) is 6.79. The van der Waals surface area contributed by atoms with Crippen LogP contribution in [0.4, 0.5) is 0 Å². The van der Waals surface area contributed by atoms with Crippen molar-refractivity contribution < 1.29 is 0 Å². The third-order valence-electron chi connectivity index (χ3n) is 2.99. The fourth-order valence-electron chi connectivity index (χ4n) is 1.80. The van der Waals surface area contributed by atoms with Gasteiger partial charge in [0.1, 0.15) is 11.0 Å². The van der Waals surface area contributed by atoms with E-state index in [2.05, 4.69) is 54.1 Å². The van der Waals surface area contributed by atoms with Gasteiger partial charge < -0.3 is 14.5 Å². The molecule has 0 bridgehead atoms. The van der Waals surface area contributed by atoms with Crippen molar-refractivity contribution in [3.8, 4) is 0 Å². The van der Waals surface area contributed by atoms with Gasteiger partial charge in [0.05, 0.1) is 12.7 Å². The monoisotopic (exact) mass is 280 g/mol. The van der Waals surface area contributed by atoms with Crippen LogP contribution < -0.4 is 5.32 Å². The van der Waals surface area contributed by atoms with Crippen molar-refractivity contribution in [2.24, 2.45) is 7.05 Å². The number of hydrogen-bond acceptors (Lipinski definition) is 2. The highest BCUT2D eigenvalue weighted by molar-refractivity contribution is 6.29. The second-order valence-corrected chi connectivity index (χ2v) is 6.24. The zero-order chi connectivity index (χ0) is 14.0. The standard InChI is InChI=1S/C14H21ClN4/c1-14(2,3)17-7-11-5-6-19(9-11)10-13-16-8-12(15)18(13)4/h5-6,8-9,17H,7,10H2,1-4H3. The van der Waals surface area contributed by atoms with E-state index in [9.17, 15) is 0 Å². The van der Waals surface area contributed by atoms with Gasteiger partial charge in [-0.05, 0) is 32.4 Å². The molecule has 0 atom stereocenters. The highest BCUT2D eigenvalue weighted by Crippen LogP contribution is 2.11. The minimum absolute atomic E-state index is 0.134. The van der Waals surface area contributed by atoms with Crippen molar-refractivity contribution in [2.45, 2.75) is 39.4 Å². The van der Waals surface area contributed by atoms with Crippen LogP contribution in [-0.4, -0.2) is 19.7 Å². The topological polar surface area (TPSA) is 34.8 Å². The Bertz CT molecular complexity index is 548. The summed E-state index contributed by atoms with van der Waals surface area (Å²) in [6, 6.07) is 2.13. The Balaban J connectivity index is 2.00. The van der Waals surface area contributed by atoms with E-state index in [1.165, 1.54) is 5.56 Å². The lowest BCUT2D eigenvalue weighted by Gasteiger charge is -2.19. The number of hydrogen-bond donors (Lipinski definition) is 1. The number of rotatable bonds is 4. The van der Waals surface area contributed by atoms with Crippen molar-refractivity contribution in [2.75, 3.05) is 0 Å². The first-order valence-electron chi connectivity index (χ1n) is 6.41. The van der Waals surface area contributed by atoms with E-state index in [1.807, 2.05) is 11.6 Å². The Kier molecular flexibility index (Phi) is 4.02. The molecule has 19 heavy (non-hydrogen) atoms. The minimum Gasteiger partial charge on any atom is -0.346 e. The van der Waals surface area contributed by atoms with Gasteiger partial charge in [-0.2, -0.15) is 0 Å². The summed E-state index contributed by atoms with van der Waals surface area (Å²) in [6.07, 6.45) is 5.89. The van der Waals surface area contributed by atoms with Crippen LogP contribution in [0.15, 0.2) is 24.7 Å². The molecule has 5 heteroatoms. The molecule has 1 N–H and O–H groups in total. The molecule has 0 aliphatic carbocycles. The van der Waals surface area contributed by atoms with E-state index in [4.69, 9.17) is 11.6 Å². The predicted octanol–water partition coefficient (Wildman–Crippen LogP) is 2.81. The number of nitrogens with one attached hydrogen (secondary N) is 1. The molecular formula is C14H21ClN4. The lowest BCUT2D eigenvalue weighted by Crippen LogP contribution is -2.34. The van der Waals surface area contributed by atoms with E-state index in [-0.39, 0.29) is 5.54 Å². The largest absolute Gasteiger partial charge is 0.346 e. The fraction of sp³-hybridized carbons (Fsp3) is 0.500. The molecule has 0 aliphatic heterocycles. The first kappa shape index (κ1) is 14.2. The average molecular weight is 281 g/mol. The summed E-state index contributed by atoms with van der Waals surface area (Å²) in [5.41, 5.74) is 1.41. The minimum atomic E-state index is 0.134. The molecule has 4 nitrogen and oxygen atoms in total. The molecule has 2 aromatic heterocycles. The van der Waals surface area contributed by atoms with Crippen molar-refractivity contribution in [3.63, 3.8) is 0 Å². The maximum absolute atomic E-state index is 5.98. The average Bonchev–Trinajstić information content (AvgIpc) is 2.88. The van der Waals surface area contributed by atoms with E-state index in [1.54, 1.807) is 6.20 Å². The number of halogens is 1. The lowest BCUT2D eigenvalue weighted by molar-refractivity contribution is 0.424. The first-order chi connectivity index (χ1) is 8.85. The Labute approximate surface area is 119 Å². The molecule has 2 heterocycles. The Morgan fingerprint density at radius 3 is 2.68 bits per heavy atom. The summed E-state index contributed by atoms with van der Waals surface area (Å²) in [5, 5.41) is 4.14. The van der Waals surface area contributed by atoms with Gasteiger partial charge in [-0.15, -0.1) is 0 Å². The van der Waals surface area contributed by atoms with Gasteiger partial charge in [0.2, 0.25) is 0 Å². The van der Waals surface area contributed by atoms with Crippen LogP contribution in [-0.2, 0) is 20.1 Å². The number of nitrogens with zero attached hydrogens (tertiary/aromatic N) is 3. The second kappa shape index (κ2) is 5.39. The summed E-state index contributed by atoms with van der Waals surface area (Å²) in [7, 11) is 1.93. The van der Waals surface area contributed by atoms with Crippen LogP contribution in [0.2, 0.25) is 5.15 Å². The van der Waals surface area contributed by atoms with Crippen molar-refractivity contribution in [3.05, 3.63) is 41.2 Å². The van der Waals surface area contributed by atoms with Crippen LogP contribution in [0.1, 0.15) is 32.2 Å². The zero-order valence-corrected chi connectivity index (χ0v) is 12.7. The van der Waals surface area contributed by atoms with Crippen LogP contribution in [0.25, 0.3) is 0 Å². The fourth-order valence-corrected chi connectivity index (χ4v) is 1.94. The zero-order valence-electron chi connectivity index (χ0n) is 11.9. The van der Waals surface area contributed by atoms with Gasteiger partial charge >= 0.3 is 0 Å². The van der Waals surface area contributed by atoms with Gasteiger partial charge in [0.15, 0.2) is 0 Å². The molecule has 2 aromatic rings. The van der Waals surface area contributed by atoms with Crippen LogP contribution in [0, 0.1) is 0 Å². The summed E-state index contributed by atoms with van der Waals surface area (Å²) in [5.74, 6) is 0.955. The molecule has 2 rings (SSSR count). The van der Waals surface area contributed by atoms with Gasteiger partial charge in [-0.3, -0.25) is 0 Å². The molecule has 0 fully saturated rings. The third kappa shape index (κ3) is 3.85. The maximum Gasteiger partial charge on any atom is 0.129 e. The van der Waals surface area contributed by atoms with Gasteiger partial charge in [-0.1, -0.05) is 11.6 Å². The molecular weight excluding hydrogens is 260 g/mol. The molecule has 0 saturated carbocycles.